The molecule has 0 aromatic heterocycles. The molecule has 1 unspecified atom stereocenters. The summed E-state index contributed by atoms with van der Waals surface area (Å²) in [5.74, 6) is 0. The van der Waals surface area contributed by atoms with Crippen molar-refractivity contribution in [3.05, 3.63) is 0 Å². The molecule has 0 rings (SSSR count). The highest BCUT2D eigenvalue weighted by Crippen LogP contribution is 2.34. The Balaban J connectivity index is 4.74. The van der Waals surface area contributed by atoms with E-state index in [4.69, 9.17) is 4.74 Å². The molecule has 0 aromatic rings. The molecule has 3 nitrogen and oxygen atoms in total. The average Bonchev–Trinajstić information content (AvgIpc) is 2.05. The Morgan fingerprint density at radius 2 is 1.77 bits per heavy atom. The highest BCUT2D eigenvalue weighted by Gasteiger charge is 2.41. The standard InChI is InChI=1S/C10H18O3/c1-5-13-10(4,6-7-11)9(2,3)8-12/h7-8H,5-6H2,1-4H3. The second-order valence-corrected chi connectivity index (χ2v) is 3.87. The fourth-order valence-electron chi connectivity index (χ4n) is 1.11. The van der Waals surface area contributed by atoms with E-state index in [1.54, 1.807) is 20.8 Å². The number of aldehydes is 2. The molecule has 0 fully saturated rings. The zero-order chi connectivity index (χ0) is 10.5. The molecule has 0 aliphatic carbocycles. The van der Waals surface area contributed by atoms with Crippen molar-refractivity contribution >= 4 is 12.6 Å². The Kier molecular flexibility index (Phi) is 4.27. The first-order chi connectivity index (χ1) is 5.93. The van der Waals surface area contributed by atoms with Gasteiger partial charge in [-0.2, -0.15) is 0 Å². The molecule has 3 heteroatoms. The second-order valence-electron chi connectivity index (χ2n) is 3.87. The van der Waals surface area contributed by atoms with E-state index in [2.05, 4.69) is 0 Å². The number of hydrogen-bond acceptors (Lipinski definition) is 3. The van der Waals surface area contributed by atoms with Gasteiger partial charge >= 0.3 is 0 Å². The molecule has 0 aliphatic heterocycles. The van der Waals surface area contributed by atoms with Crippen molar-refractivity contribution in [1.82, 2.24) is 0 Å². The van der Waals surface area contributed by atoms with Crippen molar-refractivity contribution in [2.45, 2.75) is 39.7 Å². The summed E-state index contributed by atoms with van der Waals surface area (Å²) in [5.41, 5.74) is -1.32. The Morgan fingerprint density at radius 3 is 2.08 bits per heavy atom. The lowest BCUT2D eigenvalue weighted by Gasteiger charge is -2.38. The molecule has 0 saturated heterocycles. The summed E-state index contributed by atoms with van der Waals surface area (Å²) in [6, 6.07) is 0. The van der Waals surface area contributed by atoms with Gasteiger partial charge in [0.05, 0.1) is 5.60 Å². The summed E-state index contributed by atoms with van der Waals surface area (Å²) < 4.78 is 5.46. The monoisotopic (exact) mass is 186 g/mol. The SMILES string of the molecule is CCOC(C)(CC=O)C(C)(C)C=O. The van der Waals surface area contributed by atoms with Crippen LogP contribution in [0.4, 0.5) is 0 Å². The van der Waals surface area contributed by atoms with Gasteiger partial charge in [0, 0.05) is 18.4 Å². The topological polar surface area (TPSA) is 43.4 Å². The van der Waals surface area contributed by atoms with E-state index >= 15 is 0 Å². The predicted octanol–water partition coefficient (Wildman–Crippen LogP) is 1.60. The average molecular weight is 186 g/mol. The quantitative estimate of drug-likeness (QED) is 0.592. The molecule has 76 valence electrons. The molecular weight excluding hydrogens is 168 g/mol. The summed E-state index contributed by atoms with van der Waals surface area (Å²) in [5, 5.41) is 0. The van der Waals surface area contributed by atoms with Crippen LogP contribution in [0.5, 0.6) is 0 Å². The van der Waals surface area contributed by atoms with Gasteiger partial charge in [0.25, 0.3) is 0 Å². The van der Waals surface area contributed by atoms with Crippen molar-refractivity contribution < 1.29 is 14.3 Å². The maximum absolute atomic E-state index is 10.8. The minimum Gasteiger partial charge on any atom is -0.374 e. The number of carbonyl (C=O) groups excluding carboxylic acids is 2. The van der Waals surface area contributed by atoms with E-state index in [0.29, 0.717) is 6.61 Å². The molecule has 0 spiro atoms. The molecule has 0 aliphatic rings. The van der Waals surface area contributed by atoms with Crippen LogP contribution in [0.3, 0.4) is 0 Å². The second kappa shape index (κ2) is 4.51. The zero-order valence-electron chi connectivity index (χ0n) is 8.79. The molecule has 0 radical (unpaired) electrons. The molecular formula is C10H18O3. The van der Waals surface area contributed by atoms with Crippen molar-refractivity contribution in [3.8, 4) is 0 Å². The van der Waals surface area contributed by atoms with Gasteiger partial charge in [0.2, 0.25) is 0 Å². The first-order valence-electron chi connectivity index (χ1n) is 4.47. The third kappa shape index (κ3) is 2.62. The van der Waals surface area contributed by atoms with Gasteiger partial charge < -0.3 is 14.3 Å². The van der Waals surface area contributed by atoms with E-state index in [9.17, 15) is 9.59 Å². The van der Waals surface area contributed by atoms with Crippen molar-refractivity contribution in [3.63, 3.8) is 0 Å². The van der Waals surface area contributed by atoms with Crippen molar-refractivity contribution in [2.24, 2.45) is 5.41 Å². The van der Waals surface area contributed by atoms with E-state index in [1.165, 1.54) is 0 Å². The zero-order valence-corrected chi connectivity index (χ0v) is 8.79. The molecule has 0 bridgehead atoms. The summed E-state index contributed by atoms with van der Waals surface area (Å²) in [7, 11) is 0. The Hall–Kier alpha value is -0.700. The van der Waals surface area contributed by atoms with Crippen molar-refractivity contribution in [1.29, 1.82) is 0 Å². The van der Waals surface area contributed by atoms with Gasteiger partial charge in [-0.1, -0.05) is 13.8 Å². The maximum atomic E-state index is 10.8. The number of rotatable bonds is 6. The molecule has 0 aromatic carbocycles. The van der Waals surface area contributed by atoms with Crippen LogP contribution in [0.2, 0.25) is 0 Å². The lowest BCUT2D eigenvalue weighted by Crippen LogP contribution is -2.46. The Bertz CT molecular complexity index is 187. The highest BCUT2D eigenvalue weighted by atomic mass is 16.5. The van der Waals surface area contributed by atoms with E-state index in [0.717, 1.165) is 12.6 Å². The normalized spacial score (nSPS) is 16.3. The summed E-state index contributed by atoms with van der Waals surface area (Å²) in [6.07, 6.45) is 1.87. The van der Waals surface area contributed by atoms with E-state index in [1.807, 2.05) is 6.92 Å². The highest BCUT2D eigenvalue weighted by molar-refractivity contribution is 5.63. The Labute approximate surface area is 79.5 Å². The van der Waals surface area contributed by atoms with Crippen LogP contribution in [-0.2, 0) is 14.3 Å². The van der Waals surface area contributed by atoms with Crippen LogP contribution in [0.15, 0.2) is 0 Å². The third-order valence-electron chi connectivity index (χ3n) is 2.59. The molecule has 0 amide bonds. The van der Waals surface area contributed by atoms with E-state index < -0.39 is 11.0 Å². The molecule has 0 saturated carbocycles. The number of ether oxygens (including phenoxy) is 1. The minimum atomic E-state index is -0.689. The number of carbonyl (C=O) groups is 2. The summed E-state index contributed by atoms with van der Waals surface area (Å²) in [6.45, 7) is 7.70. The van der Waals surface area contributed by atoms with Crippen LogP contribution in [-0.4, -0.2) is 24.8 Å². The molecule has 1 atom stereocenters. The van der Waals surface area contributed by atoms with Crippen molar-refractivity contribution in [2.75, 3.05) is 6.61 Å². The largest absolute Gasteiger partial charge is 0.374 e. The van der Waals surface area contributed by atoms with Gasteiger partial charge in [-0.25, -0.2) is 0 Å². The lowest BCUT2D eigenvalue weighted by molar-refractivity contribution is -0.143. The maximum Gasteiger partial charge on any atom is 0.128 e. The summed E-state index contributed by atoms with van der Waals surface area (Å²) >= 11 is 0. The Morgan fingerprint density at radius 1 is 1.23 bits per heavy atom. The smallest absolute Gasteiger partial charge is 0.128 e. The van der Waals surface area contributed by atoms with Gasteiger partial charge in [-0.05, 0) is 13.8 Å². The number of hydrogen-bond donors (Lipinski definition) is 0. The van der Waals surface area contributed by atoms with Gasteiger partial charge in [0.15, 0.2) is 0 Å². The van der Waals surface area contributed by atoms with Gasteiger partial charge in [-0.3, -0.25) is 0 Å². The van der Waals surface area contributed by atoms with Crippen LogP contribution in [0.25, 0.3) is 0 Å². The third-order valence-corrected chi connectivity index (χ3v) is 2.59. The first kappa shape index (κ1) is 12.3. The lowest BCUT2D eigenvalue weighted by atomic mass is 9.75. The van der Waals surface area contributed by atoms with Crippen LogP contribution < -0.4 is 0 Å². The predicted molar refractivity (Wildman–Crippen MR) is 50.6 cm³/mol. The van der Waals surface area contributed by atoms with Gasteiger partial charge in [0.1, 0.15) is 12.6 Å². The fourth-order valence-corrected chi connectivity index (χ4v) is 1.11. The summed E-state index contributed by atoms with van der Waals surface area (Å²) in [4.78, 5) is 21.3. The minimum absolute atomic E-state index is 0.243. The van der Waals surface area contributed by atoms with Crippen LogP contribution in [0, 0.1) is 5.41 Å². The first-order valence-corrected chi connectivity index (χ1v) is 4.47. The van der Waals surface area contributed by atoms with Crippen LogP contribution >= 0.6 is 0 Å². The van der Waals surface area contributed by atoms with E-state index in [-0.39, 0.29) is 6.42 Å². The molecule has 0 N–H and O–H groups in total. The fraction of sp³-hybridized carbons (Fsp3) is 0.800. The molecule has 13 heavy (non-hydrogen) atoms. The van der Waals surface area contributed by atoms with Crippen LogP contribution in [0.1, 0.15) is 34.1 Å². The van der Waals surface area contributed by atoms with Gasteiger partial charge in [-0.15, -0.1) is 0 Å². The molecule has 0 heterocycles.